The van der Waals surface area contributed by atoms with Crippen molar-refractivity contribution >= 4 is 17.0 Å². The molecule has 2 aromatic rings. The lowest BCUT2D eigenvalue weighted by atomic mass is 10.2. The molecule has 1 aliphatic rings. The molecule has 5 heteroatoms. The van der Waals surface area contributed by atoms with Crippen LogP contribution in [0, 0.1) is 0 Å². The highest BCUT2D eigenvalue weighted by molar-refractivity contribution is 7.13. The fourth-order valence-corrected chi connectivity index (χ4v) is 3.17. The van der Waals surface area contributed by atoms with E-state index >= 15 is 0 Å². The molecule has 1 saturated heterocycles. The molecule has 4 nitrogen and oxygen atoms in total. The van der Waals surface area contributed by atoms with Gasteiger partial charge in [0.15, 0.2) is 0 Å². The van der Waals surface area contributed by atoms with Crippen molar-refractivity contribution in [2.24, 2.45) is 0 Å². The SMILES string of the molecule is Nc1ccc(-c2cccs2)n(CC2CCCO2)c1=O. The lowest BCUT2D eigenvalue weighted by Gasteiger charge is -2.16. The Bertz CT molecular complexity index is 613. The molecule has 2 aromatic heterocycles. The summed E-state index contributed by atoms with van der Waals surface area (Å²) < 4.78 is 7.37. The summed E-state index contributed by atoms with van der Waals surface area (Å²) in [6, 6.07) is 7.60. The van der Waals surface area contributed by atoms with E-state index in [1.165, 1.54) is 0 Å². The van der Waals surface area contributed by atoms with Crippen molar-refractivity contribution in [2.75, 3.05) is 12.3 Å². The number of rotatable bonds is 3. The van der Waals surface area contributed by atoms with Crippen molar-refractivity contribution in [1.29, 1.82) is 0 Å². The third-order valence-corrected chi connectivity index (χ3v) is 4.28. The summed E-state index contributed by atoms with van der Waals surface area (Å²) in [5, 5.41) is 2.01. The minimum atomic E-state index is -0.124. The summed E-state index contributed by atoms with van der Waals surface area (Å²) >= 11 is 1.62. The number of aromatic nitrogens is 1. The number of pyridine rings is 1. The summed E-state index contributed by atoms with van der Waals surface area (Å²) in [6.07, 6.45) is 2.19. The van der Waals surface area contributed by atoms with Crippen molar-refractivity contribution in [3.05, 3.63) is 40.0 Å². The van der Waals surface area contributed by atoms with Crippen LogP contribution in [0.3, 0.4) is 0 Å². The second-order valence-corrected chi connectivity index (χ2v) is 5.65. The quantitative estimate of drug-likeness (QED) is 0.936. The molecule has 0 aromatic carbocycles. The third kappa shape index (κ3) is 2.43. The first-order chi connectivity index (χ1) is 9.25. The maximum absolute atomic E-state index is 12.3. The molecule has 100 valence electrons. The summed E-state index contributed by atoms with van der Waals surface area (Å²) in [5.41, 5.74) is 6.83. The van der Waals surface area contributed by atoms with Gasteiger partial charge >= 0.3 is 0 Å². The van der Waals surface area contributed by atoms with Crippen LogP contribution in [0.2, 0.25) is 0 Å². The van der Waals surface area contributed by atoms with E-state index in [2.05, 4.69) is 0 Å². The average Bonchev–Trinajstić information content (AvgIpc) is 3.08. The minimum absolute atomic E-state index is 0.123. The van der Waals surface area contributed by atoms with Crippen LogP contribution < -0.4 is 11.3 Å². The summed E-state index contributed by atoms with van der Waals surface area (Å²) in [7, 11) is 0. The molecule has 3 heterocycles. The zero-order valence-electron chi connectivity index (χ0n) is 10.5. The van der Waals surface area contributed by atoms with Crippen LogP contribution in [-0.2, 0) is 11.3 Å². The maximum atomic E-state index is 12.3. The van der Waals surface area contributed by atoms with Crippen molar-refractivity contribution < 1.29 is 4.74 Å². The van der Waals surface area contributed by atoms with Gasteiger partial charge in [-0.15, -0.1) is 11.3 Å². The van der Waals surface area contributed by atoms with Crippen LogP contribution in [0.15, 0.2) is 34.4 Å². The highest BCUT2D eigenvalue weighted by Gasteiger charge is 2.19. The van der Waals surface area contributed by atoms with E-state index < -0.39 is 0 Å². The van der Waals surface area contributed by atoms with Crippen molar-refractivity contribution in [3.63, 3.8) is 0 Å². The van der Waals surface area contributed by atoms with Gasteiger partial charge in [-0.25, -0.2) is 0 Å². The van der Waals surface area contributed by atoms with Gasteiger partial charge in [0.25, 0.3) is 5.56 Å². The largest absolute Gasteiger partial charge is 0.394 e. The summed E-state index contributed by atoms with van der Waals surface area (Å²) in [6.45, 7) is 1.37. The lowest BCUT2D eigenvalue weighted by Crippen LogP contribution is -2.29. The van der Waals surface area contributed by atoms with E-state index in [0.29, 0.717) is 12.2 Å². The first kappa shape index (κ1) is 12.4. The van der Waals surface area contributed by atoms with Crippen LogP contribution >= 0.6 is 11.3 Å². The molecule has 3 rings (SSSR count). The molecule has 0 radical (unpaired) electrons. The molecular weight excluding hydrogens is 260 g/mol. The topological polar surface area (TPSA) is 57.2 Å². The Labute approximate surface area is 115 Å². The molecule has 0 saturated carbocycles. The number of hydrogen-bond donors (Lipinski definition) is 1. The Balaban J connectivity index is 2.03. The van der Waals surface area contributed by atoms with Crippen molar-refractivity contribution in [1.82, 2.24) is 4.57 Å². The second-order valence-electron chi connectivity index (χ2n) is 4.70. The standard InChI is InChI=1S/C14H16N2O2S/c15-11-5-6-12(13-4-2-8-19-13)16(14(11)17)9-10-3-1-7-18-10/h2,4-6,8,10H,1,3,7,9,15H2. The molecular formula is C14H16N2O2S. The van der Waals surface area contributed by atoms with E-state index in [-0.39, 0.29) is 11.7 Å². The fourth-order valence-electron chi connectivity index (χ4n) is 2.41. The molecule has 2 N–H and O–H groups in total. The Morgan fingerprint density at radius 3 is 3.00 bits per heavy atom. The van der Waals surface area contributed by atoms with E-state index in [0.717, 1.165) is 30.0 Å². The smallest absolute Gasteiger partial charge is 0.274 e. The van der Waals surface area contributed by atoms with Gasteiger partial charge in [-0.05, 0) is 36.4 Å². The van der Waals surface area contributed by atoms with Gasteiger partial charge in [-0.1, -0.05) is 6.07 Å². The number of hydrogen-bond acceptors (Lipinski definition) is 4. The zero-order chi connectivity index (χ0) is 13.2. The highest BCUT2D eigenvalue weighted by atomic mass is 32.1. The Hall–Kier alpha value is -1.59. The zero-order valence-corrected chi connectivity index (χ0v) is 11.4. The number of ether oxygens (including phenoxy) is 1. The molecule has 1 unspecified atom stereocenters. The van der Waals surface area contributed by atoms with Gasteiger partial charge < -0.3 is 15.0 Å². The van der Waals surface area contributed by atoms with Crippen LogP contribution in [-0.4, -0.2) is 17.3 Å². The molecule has 0 amide bonds. The highest BCUT2D eigenvalue weighted by Crippen LogP contribution is 2.25. The number of nitrogens with two attached hydrogens (primary N) is 1. The fraction of sp³-hybridized carbons (Fsp3) is 0.357. The monoisotopic (exact) mass is 276 g/mol. The van der Waals surface area contributed by atoms with Crippen LogP contribution in [0.25, 0.3) is 10.6 Å². The maximum Gasteiger partial charge on any atom is 0.274 e. The predicted octanol–water partition coefficient (Wildman–Crippen LogP) is 2.34. The Kier molecular flexibility index (Phi) is 3.40. The molecule has 0 bridgehead atoms. The van der Waals surface area contributed by atoms with Gasteiger partial charge in [-0.3, -0.25) is 4.79 Å². The van der Waals surface area contributed by atoms with Crippen LogP contribution in [0.1, 0.15) is 12.8 Å². The Morgan fingerprint density at radius 2 is 2.32 bits per heavy atom. The second kappa shape index (κ2) is 5.19. The number of nitrogens with zero attached hydrogens (tertiary/aromatic N) is 1. The van der Waals surface area contributed by atoms with Gasteiger partial charge in [-0.2, -0.15) is 0 Å². The Morgan fingerprint density at radius 1 is 1.42 bits per heavy atom. The van der Waals surface area contributed by atoms with Gasteiger partial charge in [0.1, 0.15) is 0 Å². The molecule has 0 aliphatic carbocycles. The van der Waals surface area contributed by atoms with Crippen molar-refractivity contribution in [3.8, 4) is 10.6 Å². The van der Waals surface area contributed by atoms with E-state index in [9.17, 15) is 4.79 Å². The molecule has 1 aliphatic heterocycles. The predicted molar refractivity (Wildman–Crippen MR) is 77.4 cm³/mol. The molecule has 1 fully saturated rings. The van der Waals surface area contributed by atoms with Crippen LogP contribution in [0.4, 0.5) is 5.69 Å². The summed E-state index contributed by atoms with van der Waals surface area (Å²) in [4.78, 5) is 13.3. The number of anilines is 1. The average molecular weight is 276 g/mol. The lowest BCUT2D eigenvalue weighted by molar-refractivity contribution is 0.0966. The van der Waals surface area contributed by atoms with Gasteiger partial charge in [0.2, 0.25) is 0 Å². The van der Waals surface area contributed by atoms with Gasteiger partial charge in [0.05, 0.1) is 28.9 Å². The first-order valence-corrected chi connectivity index (χ1v) is 7.28. The summed E-state index contributed by atoms with van der Waals surface area (Å²) in [5.74, 6) is 0. The first-order valence-electron chi connectivity index (χ1n) is 6.40. The molecule has 0 spiro atoms. The van der Waals surface area contributed by atoms with Gasteiger partial charge in [0, 0.05) is 6.61 Å². The van der Waals surface area contributed by atoms with Crippen molar-refractivity contribution in [2.45, 2.75) is 25.5 Å². The van der Waals surface area contributed by atoms with E-state index in [1.54, 1.807) is 22.0 Å². The van der Waals surface area contributed by atoms with E-state index in [4.69, 9.17) is 10.5 Å². The van der Waals surface area contributed by atoms with Crippen LogP contribution in [0.5, 0.6) is 0 Å². The molecule has 19 heavy (non-hydrogen) atoms. The van der Waals surface area contributed by atoms with E-state index in [1.807, 2.05) is 23.6 Å². The number of nitrogen functional groups attached to an aromatic ring is 1. The normalized spacial score (nSPS) is 18.8. The number of thiophene rings is 1. The molecule has 1 atom stereocenters. The minimum Gasteiger partial charge on any atom is -0.394 e. The third-order valence-electron chi connectivity index (χ3n) is 3.39.